The van der Waals surface area contributed by atoms with Crippen LogP contribution in [0.3, 0.4) is 0 Å². The number of nitrogens with zero attached hydrogens (tertiary/aromatic N) is 3. The van der Waals surface area contributed by atoms with E-state index in [-0.39, 0.29) is 30.1 Å². The fraction of sp³-hybridized carbons (Fsp3) is 0.680. The summed E-state index contributed by atoms with van der Waals surface area (Å²) in [6.45, 7) is 7.86. The third-order valence-electron chi connectivity index (χ3n) is 6.57. The number of ether oxygens (including phenoxy) is 3. The third kappa shape index (κ3) is 5.45. The molecule has 8 nitrogen and oxygen atoms in total. The molecule has 0 bridgehead atoms. The van der Waals surface area contributed by atoms with Crippen molar-refractivity contribution in [3.8, 4) is 5.88 Å². The Labute approximate surface area is 205 Å². The van der Waals surface area contributed by atoms with E-state index in [1.54, 1.807) is 22.6 Å². The summed E-state index contributed by atoms with van der Waals surface area (Å²) in [5.74, 6) is 0.572. The second kappa shape index (κ2) is 10.1. The van der Waals surface area contributed by atoms with E-state index >= 15 is 0 Å². The van der Waals surface area contributed by atoms with Gasteiger partial charge in [-0.3, -0.25) is 4.79 Å². The van der Waals surface area contributed by atoms with Crippen molar-refractivity contribution >= 4 is 33.6 Å². The number of esters is 1. The first kappa shape index (κ1) is 24.7. The summed E-state index contributed by atoms with van der Waals surface area (Å²) in [5.41, 5.74) is 0.665. The van der Waals surface area contributed by atoms with Crippen molar-refractivity contribution < 1.29 is 23.8 Å². The minimum atomic E-state index is -0.504. The van der Waals surface area contributed by atoms with Gasteiger partial charge in [-0.2, -0.15) is 0 Å². The Balaban J connectivity index is 1.44. The van der Waals surface area contributed by atoms with Crippen molar-refractivity contribution in [2.24, 2.45) is 0 Å². The quantitative estimate of drug-likeness (QED) is 0.513. The summed E-state index contributed by atoms with van der Waals surface area (Å²) in [4.78, 5) is 37.5. The van der Waals surface area contributed by atoms with Gasteiger partial charge in [0.15, 0.2) is 0 Å². The second-order valence-electron chi connectivity index (χ2n) is 10.2. The minimum Gasteiger partial charge on any atom is -0.474 e. The van der Waals surface area contributed by atoms with Crippen LogP contribution in [-0.4, -0.2) is 58.3 Å². The molecule has 0 N–H and O–H groups in total. The SMILES string of the molecule is CCOC(=O)CC1CCc2sc3ncnc(OC4CCC(N(C)C(=O)OC(C)(C)C)CC4)c3c21. The highest BCUT2D eigenvalue weighted by molar-refractivity contribution is 7.19. The lowest BCUT2D eigenvalue weighted by Crippen LogP contribution is -2.43. The van der Waals surface area contributed by atoms with Crippen molar-refractivity contribution in [3.63, 3.8) is 0 Å². The normalized spacial score (nSPS) is 22.3. The van der Waals surface area contributed by atoms with E-state index in [4.69, 9.17) is 14.2 Å². The number of hydrogen-bond donors (Lipinski definition) is 0. The van der Waals surface area contributed by atoms with Gasteiger partial charge in [0, 0.05) is 18.0 Å². The lowest BCUT2D eigenvalue weighted by molar-refractivity contribution is -0.143. The van der Waals surface area contributed by atoms with Crippen molar-refractivity contribution in [2.75, 3.05) is 13.7 Å². The van der Waals surface area contributed by atoms with Crippen molar-refractivity contribution in [3.05, 3.63) is 16.8 Å². The van der Waals surface area contributed by atoms with Gasteiger partial charge in [0.25, 0.3) is 0 Å². The van der Waals surface area contributed by atoms with Gasteiger partial charge in [0.2, 0.25) is 5.88 Å². The van der Waals surface area contributed by atoms with Crippen LogP contribution in [0, 0.1) is 0 Å². The fourth-order valence-corrected chi connectivity index (χ4v) is 6.18. The van der Waals surface area contributed by atoms with Gasteiger partial charge in [-0.25, -0.2) is 14.8 Å². The van der Waals surface area contributed by atoms with Gasteiger partial charge in [0.1, 0.15) is 22.9 Å². The Morgan fingerprint density at radius 3 is 2.56 bits per heavy atom. The van der Waals surface area contributed by atoms with E-state index in [2.05, 4.69) is 9.97 Å². The molecule has 2 aromatic heterocycles. The summed E-state index contributed by atoms with van der Waals surface area (Å²) >= 11 is 1.68. The third-order valence-corrected chi connectivity index (χ3v) is 7.74. The largest absolute Gasteiger partial charge is 0.474 e. The zero-order valence-corrected chi connectivity index (χ0v) is 21.6. The molecular formula is C25H35N3O5S. The summed E-state index contributed by atoms with van der Waals surface area (Å²) in [6, 6.07) is 0.138. The maximum atomic E-state index is 12.4. The molecule has 0 aliphatic heterocycles. The van der Waals surface area contributed by atoms with Crippen LogP contribution in [0.5, 0.6) is 5.88 Å². The van der Waals surface area contributed by atoms with Crippen LogP contribution >= 0.6 is 11.3 Å². The van der Waals surface area contributed by atoms with Crippen LogP contribution in [0.4, 0.5) is 4.79 Å². The second-order valence-corrected chi connectivity index (χ2v) is 11.3. The van der Waals surface area contributed by atoms with E-state index in [1.807, 2.05) is 34.7 Å². The predicted octanol–water partition coefficient (Wildman–Crippen LogP) is 5.23. The highest BCUT2D eigenvalue weighted by atomic mass is 32.1. The van der Waals surface area contributed by atoms with Gasteiger partial charge in [-0.1, -0.05) is 0 Å². The molecule has 2 aliphatic carbocycles. The van der Waals surface area contributed by atoms with Crippen molar-refractivity contribution in [1.82, 2.24) is 14.9 Å². The van der Waals surface area contributed by atoms with E-state index in [0.717, 1.165) is 48.7 Å². The van der Waals surface area contributed by atoms with Crippen molar-refractivity contribution in [1.29, 1.82) is 0 Å². The Bertz CT molecular complexity index is 1040. The van der Waals surface area contributed by atoms with Crippen LogP contribution in [0.2, 0.25) is 0 Å². The maximum Gasteiger partial charge on any atom is 0.410 e. The summed E-state index contributed by atoms with van der Waals surface area (Å²) in [6.07, 6.45) is 6.94. The molecule has 0 aromatic carbocycles. The monoisotopic (exact) mass is 489 g/mol. The van der Waals surface area contributed by atoms with E-state index < -0.39 is 5.60 Å². The molecule has 2 aliphatic rings. The zero-order valence-electron chi connectivity index (χ0n) is 20.8. The van der Waals surface area contributed by atoms with E-state index in [9.17, 15) is 9.59 Å². The first-order valence-electron chi connectivity index (χ1n) is 12.2. The summed E-state index contributed by atoms with van der Waals surface area (Å²) in [5, 5.41) is 0.960. The molecule has 9 heteroatoms. The summed E-state index contributed by atoms with van der Waals surface area (Å²) < 4.78 is 17.1. The predicted molar refractivity (Wildman–Crippen MR) is 130 cm³/mol. The molecule has 0 radical (unpaired) electrons. The number of carbonyl (C=O) groups is 2. The lowest BCUT2D eigenvalue weighted by Gasteiger charge is -2.35. The molecule has 2 heterocycles. The number of aryl methyl sites for hydroxylation is 1. The molecule has 1 saturated carbocycles. The highest BCUT2D eigenvalue weighted by Crippen LogP contribution is 2.47. The Morgan fingerprint density at radius 1 is 1.15 bits per heavy atom. The standard InChI is InChI=1S/C25H35N3O5S/c1-6-31-19(29)13-15-7-12-18-20(15)21-22(26-14-27-23(21)34-18)32-17-10-8-16(9-11-17)28(5)24(30)33-25(2,3)4/h14-17H,6-13H2,1-5H3. The molecule has 186 valence electrons. The first-order valence-corrected chi connectivity index (χ1v) is 13.0. The zero-order chi connectivity index (χ0) is 24.5. The van der Waals surface area contributed by atoms with Crippen LogP contribution in [0.1, 0.15) is 82.6 Å². The number of amides is 1. The van der Waals surface area contributed by atoms with E-state index in [1.165, 1.54) is 10.4 Å². The topological polar surface area (TPSA) is 90.9 Å². The molecule has 1 amide bonds. The molecule has 1 unspecified atom stereocenters. The number of rotatable bonds is 6. The molecular weight excluding hydrogens is 454 g/mol. The van der Waals surface area contributed by atoms with Gasteiger partial charge in [0.05, 0.1) is 18.4 Å². The Hall–Kier alpha value is -2.42. The Kier molecular flexibility index (Phi) is 7.31. The number of hydrogen-bond acceptors (Lipinski definition) is 8. The summed E-state index contributed by atoms with van der Waals surface area (Å²) in [7, 11) is 1.81. The number of aromatic nitrogens is 2. The first-order chi connectivity index (χ1) is 16.2. The van der Waals surface area contributed by atoms with Gasteiger partial charge in [-0.05, 0) is 77.7 Å². The molecule has 4 rings (SSSR count). The van der Waals surface area contributed by atoms with Gasteiger partial charge >= 0.3 is 12.1 Å². The van der Waals surface area contributed by atoms with Crippen LogP contribution in [-0.2, 0) is 20.7 Å². The van der Waals surface area contributed by atoms with E-state index in [0.29, 0.717) is 18.9 Å². The molecule has 2 aromatic rings. The molecule has 34 heavy (non-hydrogen) atoms. The molecule has 0 saturated heterocycles. The fourth-order valence-electron chi connectivity index (χ4n) is 4.95. The molecule has 1 fully saturated rings. The van der Waals surface area contributed by atoms with Crippen LogP contribution in [0.15, 0.2) is 6.33 Å². The average molecular weight is 490 g/mol. The molecule has 0 spiro atoms. The average Bonchev–Trinajstić information content (AvgIpc) is 3.33. The Morgan fingerprint density at radius 2 is 1.88 bits per heavy atom. The molecule has 1 atom stereocenters. The number of fused-ring (bicyclic) bond motifs is 3. The van der Waals surface area contributed by atoms with Crippen molar-refractivity contribution in [2.45, 2.75) is 96.3 Å². The number of carbonyl (C=O) groups excluding carboxylic acids is 2. The minimum absolute atomic E-state index is 0.0295. The van der Waals surface area contributed by atoms with Crippen LogP contribution < -0.4 is 4.74 Å². The number of thiophene rings is 1. The lowest BCUT2D eigenvalue weighted by atomic mass is 9.92. The highest BCUT2D eigenvalue weighted by Gasteiger charge is 2.34. The smallest absolute Gasteiger partial charge is 0.410 e. The maximum absolute atomic E-state index is 12.4. The van der Waals surface area contributed by atoms with Gasteiger partial charge in [-0.15, -0.1) is 11.3 Å². The van der Waals surface area contributed by atoms with Gasteiger partial charge < -0.3 is 19.1 Å². The van der Waals surface area contributed by atoms with Crippen LogP contribution in [0.25, 0.3) is 10.2 Å².